The summed E-state index contributed by atoms with van der Waals surface area (Å²) in [6, 6.07) is 0. The summed E-state index contributed by atoms with van der Waals surface area (Å²) in [6.45, 7) is 3.93. The van der Waals surface area contributed by atoms with Crippen molar-refractivity contribution in [3.8, 4) is 0 Å². The van der Waals surface area contributed by atoms with Crippen LogP contribution in [0.2, 0.25) is 0 Å². The molecule has 0 amide bonds. The van der Waals surface area contributed by atoms with Gasteiger partial charge in [0.25, 0.3) is 0 Å². The van der Waals surface area contributed by atoms with E-state index in [1.54, 1.807) is 0 Å². The zero-order valence-corrected chi connectivity index (χ0v) is 7.46. The Kier molecular flexibility index (Phi) is 1.45. The number of aromatic nitrogens is 2. The second-order valence-corrected chi connectivity index (χ2v) is 3.71. The van der Waals surface area contributed by atoms with E-state index in [1.165, 1.54) is 5.56 Å². The molecule has 0 aromatic carbocycles. The lowest BCUT2D eigenvalue weighted by Gasteiger charge is -2.17. The lowest BCUT2D eigenvalue weighted by atomic mass is 10.0. The Balaban J connectivity index is 2.57. The highest BCUT2D eigenvalue weighted by atomic mass is 14.9. The molecule has 12 heavy (non-hydrogen) atoms. The third-order valence-electron chi connectivity index (χ3n) is 2.44. The molecular formula is C9H13N3. The second-order valence-electron chi connectivity index (χ2n) is 3.71. The summed E-state index contributed by atoms with van der Waals surface area (Å²) in [6.07, 6.45) is 3.90. The summed E-state index contributed by atoms with van der Waals surface area (Å²) in [5.41, 5.74) is 8.09. The molecule has 0 aliphatic heterocycles. The first-order chi connectivity index (χ1) is 5.59. The molecule has 1 atom stereocenters. The van der Waals surface area contributed by atoms with Gasteiger partial charge in [-0.2, -0.15) is 0 Å². The lowest BCUT2D eigenvalue weighted by Crippen LogP contribution is -2.31. The van der Waals surface area contributed by atoms with Crippen molar-refractivity contribution in [1.82, 2.24) is 9.97 Å². The minimum atomic E-state index is -0.233. The fourth-order valence-electron chi connectivity index (χ4n) is 1.69. The van der Waals surface area contributed by atoms with Gasteiger partial charge in [0.2, 0.25) is 0 Å². The zero-order valence-electron chi connectivity index (χ0n) is 7.46. The van der Waals surface area contributed by atoms with Crippen LogP contribution in [0.5, 0.6) is 0 Å². The molecule has 3 heteroatoms. The van der Waals surface area contributed by atoms with Gasteiger partial charge in [-0.1, -0.05) is 0 Å². The normalized spacial score (nSPS) is 27.2. The van der Waals surface area contributed by atoms with Crippen LogP contribution in [0.4, 0.5) is 0 Å². The van der Waals surface area contributed by atoms with Crippen molar-refractivity contribution in [1.29, 1.82) is 0 Å². The molecular weight excluding hydrogens is 150 g/mol. The molecule has 2 rings (SSSR count). The molecule has 1 aliphatic rings. The molecule has 1 unspecified atom stereocenters. The number of nitrogens with zero attached hydrogens (tertiary/aromatic N) is 2. The SMILES string of the molecule is Cc1ncc2c(n1)C(C)(N)CC2. The summed E-state index contributed by atoms with van der Waals surface area (Å²) in [5.74, 6) is 0.812. The monoisotopic (exact) mass is 163 g/mol. The highest BCUT2D eigenvalue weighted by molar-refractivity contribution is 5.30. The fourth-order valence-corrected chi connectivity index (χ4v) is 1.69. The van der Waals surface area contributed by atoms with Crippen molar-refractivity contribution in [2.45, 2.75) is 32.2 Å². The highest BCUT2D eigenvalue weighted by Gasteiger charge is 2.32. The van der Waals surface area contributed by atoms with Crippen LogP contribution in [0, 0.1) is 6.92 Å². The van der Waals surface area contributed by atoms with Crippen LogP contribution in [0.3, 0.4) is 0 Å². The van der Waals surface area contributed by atoms with E-state index >= 15 is 0 Å². The Bertz CT molecular complexity index is 318. The number of fused-ring (bicyclic) bond motifs is 1. The van der Waals surface area contributed by atoms with Crippen LogP contribution in [0.15, 0.2) is 6.20 Å². The number of rotatable bonds is 0. The van der Waals surface area contributed by atoms with Crippen molar-refractivity contribution < 1.29 is 0 Å². The maximum absolute atomic E-state index is 6.07. The molecule has 64 valence electrons. The molecule has 0 fully saturated rings. The Morgan fingerprint density at radius 1 is 1.58 bits per heavy atom. The van der Waals surface area contributed by atoms with E-state index in [9.17, 15) is 0 Å². The number of aryl methyl sites for hydroxylation is 2. The van der Waals surface area contributed by atoms with Gasteiger partial charge in [-0.3, -0.25) is 0 Å². The van der Waals surface area contributed by atoms with Crippen LogP contribution in [0.1, 0.15) is 30.4 Å². The lowest BCUT2D eigenvalue weighted by molar-refractivity contribution is 0.478. The topological polar surface area (TPSA) is 51.8 Å². The van der Waals surface area contributed by atoms with Crippen LogP contribution >= 0.6 is 0 Å². The van der Waals surface area contributed by atoms with Crippen molar-refractivity contribution in [3.05, 3.63) is 23.3 Å². The van der Waals surface area contributed by atoms with Gasteiger partial charge in [0.05, 0.1) is 11.2 Å². The van der Waals surface area contributed by atoms with Crippen molar-refractivity contribution in [2.75, 3.05) is 0 Å². The summed E-state index contributed by atoms with van der Waals surface area (Å²) in [4.78, 5) is 8.52. The third kappa shape index (κ3) is 1.01. The molecule has 0 saturated heterocycles. The summed E-state index contributed by atoms with van der Waals surface area (Å²) >= 11 is 0. The quantitative estimate of drug-likeness (QED) is 0.618. The average Bonchev–Trinajstić information content (AvgIpc) is 2.28. The van der Waals surface area contributed by atoms with E-state index in [1.807, 2.05) is 20.0 Å². The molecule has 1 aromatic heterocycles. The molecule has 2 N–H and O–H groups in total. The number of hydrogen-bond donors (Lipinski definition) is 1. The average molecular weight is 163 g/mol. The van der Waals surface area contributed by atoms with Crippen LogP contribution in [0.25, 0.3) is 0 Å². The van der Waals surface area contributed by atoms with Gasteiger partial charge in [-0.25, -0.2) is 9.97 Å². The minimum absolute atomic E-state index is 0.233. The van der Waals surface area contributed by atoms with E-state index in [2.05, 4.69) is 9.97 Å². The Morgan fingerprint density at radius 3 is 3.08 bits per heavy atom. The van der Waals surface area contributed by atoms with Gasteiger partial charge in [0.1, 0.15) is 5.82 Å². The minimum Gasteiger partial charge on any atom is -0.320 e. The van der Waals surface area contributed by atoms with Gasteiger partial charge in [-0.05, 0) is 32.3 Å². The van der Waals surface area contributed by atoms with Crippen LogP contribution < -0.4 is 5.73 Å². The van der Waals surface area contributed by atoms with E-state index in [4.69, 9.17) is 5.73 Å². The van der Waals surface area contributed by atoms with E-state index in [-0.39, 0.29) is 5.54 Å². The van der Waals surface area contributed by atoms with Gasteiger partial charge < -0.3 is 5.73 Å². The molecule has 0 radical (unpaired) electrons. The fraction of sp³-hybridized carbons (Fsp3) is 0.556. The predicted octanol–water partition coefficient (Wildman–Crippen LogP) is 0.905. The zero-order chi connectivity index (χ0) is 8.77. The largest absolute Gasteiger partial charge is 0.320 e. The van der Waals surface area contributed by atoms with Gasteiger partial charge in [0, 0.05) is 6.20 Å². The second kappa shape index (κ2) is 2.26. The molecule has 1 aromatic rings. The number of nitrogens with two attached hydrogens (primary N) is 1. The summed E-state index contributed by atoms with van der Waals surface area (Å²) in [7, 11) is 0. The van der Waals surface area contributed by atoms with Crippen molar-refractivity contribution in [2.24, 2.45) is 5.73 Å². The summed E-state index contributed by atoms with van der Waals surface area (Å²) < 4.78 is 0. The molecule has 3 nitrogen and oxygen atoms in total. The van der Waals surface area contributed by atoms with Crippen LogP contribution in [-0.4, -0.2) is 9.97 Å². The highest BCUT2D eigenvalue weighted by Crippen LogP contribution is 2.31. The first kappa shape index (κ1) is 7.68. The predicted molar refractivity (Wildman–Crippen MR) is 46.6 cm³/mol. The molecule has 0 saturated carbocycles. The van der Waals surface area contributed by atoms with E-state index < -0.39 is 0 Å². The third-order valence-corrected chi connectivity index (χ3v) is 2.44. The van der Waals surface area contributed by atoms with E-state index in [0.29, 0.717) is 0 Å². The molecule has 0 bridgehead atoms. The smallest absolute Gasteiger partial charge is 0.125 e. The van der Waals surface area contributed by atoms with Crippen molar-refractivity contribution in [3.63, 3.8) is 0 Å². The Labute approximate surface area is 72.0 Å². The summed E-state index contributed by atoms with van der Waals surface area (Å²) in [5, 5.41) is 0. The first-order valence-corrected chi connectivity index (χ1v) is 4.21. The molecule has 1 aliphatic carbocycles. The molecule has 1 heterocycles. The first-order valence-electron chi connectivity index (χ1n) is 4.21. The van der Waals surface area contributed by atoms with Gasteiger partial charge in [-0.15, -0.1) is 0 Å². The van der Waals surface area contributed by atoms with Gasteiger partial charge in [0.15, 0.2) is 0 Å². The van der Waals surface area contributed by atoms with Gasteiger partial charge >= 0.3 is 0 Å². The maximum Gasteiger partial charge on any atom is 0.125 e. The standard InChI is InChI=1S/C9H13N3/c1-6-11-5-7-3-4-9(2,10)8(7)12-6/h5H,3-4,10H2,1-2H3. The Morgan fingerprint density at radius 2 is 2.33 bits per heavy atom. The maximum atomic E-state index is 6.07. The number of hydrogen-bond acceptors (Lipinski definition) is 3. The van der Waals surface area contributed by atoms with Crippen molar-refractivity contribution >= 4 is 0 Å². The van der Waals surface area contributed by atoms with E-state index in [0.717, 1.165) is 24.4 Å². The Hall–Kier alpha value is -0.960. The van der Waals surface area contributed by atoms with Crippen LogP contribution in [-0.2, 0) is 12.0 Å². The molecule has 0 spiro atoms.